The van der Waals surface area contributed by atoms with Gasteiger partial charge in [0.2, 0.25) is 0 Å². The Morgan fingerprint density at radius 1 is 0.852 bits per heavy atom. The summed E-state index contributed by atoms with van der Waals surface area (Å²) in [4.78, 5) is 4.49. The maximum Gasteiger partial charge on any atom is 0.169 e. The molecule has 0 aromatic heterocycles. The fraction of sp³-hybridized carbons (Fsp3) is 0.333. The third kappa shape index (κ3) is 5.65. The van der Waals surface area contributed by atoms with Crippen LogP contribution in [0, 0.1) is 0 Å². The zero-order valence-corrected chi connectivity index (χ0v) is 17.2. The van der Waals surface area contributed by atoms with Gasteiger partial charge in [-0.3, -0.25) is 0 Å². The van der Waals surface area contributed by atoms with Gasteiger partial charge in [0, 0.05) is 38.8 Å². The predicted octanol–water partition coefficient (Wildman–Crippen LogP) is 3.14. The molecule has 2 aromatic carbocycles. The van der Waals surface area contributed by atoms with Gasteiger partial charge in [-0.2, -0.15) is 0 Å². The summed E-state index contributed by atoms with van der Waals surface area (Å²) >= 11 is 11.2. The van der Waals surface area contributed by atoms with Crippen molar-refractivity contribution < 1.29 is 0 Å². The van der Waals surface area contributed by atoms with Crippen LogP contribution >= 0.6 is 24.4 Å². The van der Waals surface area contributed by atoms with Crippen molar-refractivity contribution in [3.05, 3.63) is 71.8 Å². The Hall–Kier alpha value is -2.18. The zero-order chi connectivity index (χ0) is 19.1. The molecule has 1 saturated heterocycles. The smallest absolute Gasteiger partial charge is 0.169 e. The Morgan fingerprint density at radius 2 is 1.37 bits per heavy atom. The molecule has 0 radical (unpaired) electrons. The molecule has 0 amide bonds. The van der Waals surface area contributed by atoms with Crippen molar-refractivity contribution in [3.63, 3.8) is 0 Å². The summed E-state index contributed by atoms with van der Waals surface area (Å²) in [7, 11) is 0. The van der Waals surface area contributed by atoms with E-state index in [1.807, 2.05) is 36.4 Å². The Morgan fingerprint density at radius 3 is 1.89 bits per heavy atom. The average Bonchev–Trinajstić information content (AvgIpc) is 2.71. The van der Waals surface area contributed by atoms with E-state index in [0.717, 1.165) is 42.9 Å². The number of benzene rings is 2. The summed E-state index contributed by atoms with van der Waals surface area (Å²) < 4.78 is 0. The van der Waals surface area contributed by atoms with Gasteiger partial charge < -0.3 is 20.4 Å². The summed E-state index contributed by atoms with van der Waals surface area (Å²) in [5.74, 6) is 0. The molecule has 2 N–H and O–H groups in total. The highest BCUT2D eigenvalue weighted by molar-refractivity contribution is 7.80. The molecule has 1 fully saturated rings. The van der Waals surface area contributed by atoms with E-state index >= 15 is 0 Å². The fourth-order valence-electron chi connectivity index (χ4n) is 3.20. The van der Waals surface area contributed by atoms with Crippen LogP contribution in [0.25, 0.3) is 0 Å². The molecule has 0 bridgehead atoms. The Labute approximate surface area is 172 Å². The lowest BCUT2D eigenvalue weighted by Gasteiger charge is -2.42. The molecule has 4 nitrogen and oxygen atoms in total. The van der Waals surface area contributed by atoms with Crippen molar-refractivity contribution in [2.45, 2.75) is 26.1 Å². The number of nitrogens with one attached hydrogen (secondary N) is 2. The van der Waals surface area contributed by atoms with Gasteiger partial charge in [0.1, 0.15) is 0 Å². The summed E-state index contributed by atoms with van der Waals surface area (Å²) in [6, 6.07) is 21.0. The largest absolute Gasteiger partial charge is 0.358 e. The van der Waals surface area contributed by atoms with Gasteiger partial charge in [0.05, 0.1) is 0 Å². The molecule has 1 aliphatic rings. The van der Waals surface area contributed by atoms with E-state index in [2.05, 4.69) is 51.6 Å². The molecular weight excluding hydrogens is 372 g/mol. The monoisotopic (exact) mass is 398 g/mol. The zero-order valence-electron chi connectivity index (χ0n) is 15.6. The fourth-order valence-corrected chi connectivity index (χ4v) is 3.79. The van der Waals surface area contributed by atoms with Gasteiger partial charge >= 0.3 is 0 Å². The standard InChI is InChI=1S/C21H26N4S2/c1-17-16-24(20(26)22-14-18-8-4-2-5-9-18)12-13-25(17)21(27)23-15-19-10-6-3-7-11-19/h2-11,17H,12-16H2,1H3,(H,22,26)(H,23,27)/t17-/m1/s1. The number of hydrogen-bond donors (Lipinski definition) is 2. The second kappa shape index (κ2) is 9.67. The van der Waals surface area contributed by atoms with Crippen LogP contribution in [0.1, 0.15) is 18.1 Å². The van der Waals surface area contributed by atoms with Crippen molar-refractivity contribution in [2.75, 3.05) is 19.6 Å². The van der Waals surface area contributed by atoms with E-state index < -0.39 is 0 Å². The summed E-state index contributed by atoms with van der Waals surface area (Å²) in [5, 5.41) is 8.38. The lowest BCUT2D eigenvalue weighted by Crippen LogP contribution is -2.58. The van der Waals surface area contributed by atoms with E-state index in [0.29, 0.717) is 6.04 Å². The lowest BCUT2D eigenvalue weighted by atomic mass is 10.2. The molecule has 0 unspecified atom stereocenters. The van der Waals surface area contributed by atoms with Crippen molar-refractivity contribution >= 4 is 34.7 Å². The Bertz CT molecular complexity index is 751. The second-order valence-electron chi connectivity index (χ2n) is 6.78. The molecule has 142 valence electrons. The third-order valence-electron chi connectivity index (χ3n) is 4.75. The highest BCUT2D eigenvalue weighted by atomic mass is 32.1. The minimum atomic E-state index is 0.311. The SMILES string of the molecule is C[C@@H]1CN(C(=S)NCc2ccccc2)CCN1C(=S)NCc1ccccc1. The Kier molecular flexibility index (Phi) is 7.01. The molecule has 27 heavy (non-hydrogen) atoms. The van der Waals surface area contributed by atoms with Crippen LogP contribution in [-0.4, -0.2) is 45.7 Å². The van der Waals surface area contributed by atoms with Crippen molar-refractivity contribution in [2.24, 2.45) is 0 Å². The quantitative estimate of drug-likeness (QED) is 0.770. The maximum atomic E-state index is 5.62. The van der Waals surface area contributed by atoms with E-state index in [9.17, 15) is 0 Å². The van der Waals surface area contributed by atoms with Gasteiger partial charge in [-0.15, -0.1) is 0 Å². The average molecular weight is 399 g/mol. The van der Waals surface area contributed by atoms with E-state index in [-0.39, 0.29) is 0 Å². The first-order valence-corrected chi connectivity index (χ1v) is 10.1. The predicted molar refractivity (Wildman–Crippen MR) is 120 cm³/mol. The number of thiocarbonyl (C=S) groups is 2. The molecular formula is C21H26N4S2. The Balaban J connectivity index is 1.45. The topological polar surface area (TPSA) is 30.5 Å². The second-order valence-corrected chi connectivity index (χ2v) is 7.55. The molecule has 0 saturated carbocycles. The van der Waals surface area contributed by atoms with Crippen molar-refractivity contribution in [1.82, 2.24) is 20.4 Å². The molecule has 0 spiro atoms. The molecule has 0 aliphatic carbocycles. The van der Waals surface area contributed by atoms with E-state index in [1.54, 1.807) is 0 Å². The van der Waals surface area contributed by atoms with Crippen LogP contribution in [0.3, 0.4) is 0 Å². The van der Waals surface area contributed by atoms with E-state index in [4.69, 9.17) is 24.4 Å². The maximum absolute atomic E-state index is 5.62. The van der Waals surface area contributed by atoms with Gasteiger partial charge in [-0.1, -0.05) is 60.7 Å². The normalized spacial score (nSPS) is 16.7. The molecule has 6 heteroatoms. The minimum absolute atomic E-state index is 0.311. The molecule has 1 aliphatic heterocycles. The summed E-state index contributed by atoms with van der Waals surface area (Å²) in [6.07, 6.45) is 0. The summed E-state index contributed by atoms with van der Waals surface area (Å²) in [5.41, 5.74) is 2.47. The number of nitrogens with zero attached hydrogens (tertiary/aromatic N) is 2. The van der Waals surface area contributed by atoms with Crippen LogP contribution in [0.2, 0.25) is 0 Å². The lowest BCUT2D eigenvalue weighted by molar-refractivity contribution is 0.193. The van der Waals surface area contributed by atoms with Gasteiger partial charge in [0.25, 0.3) is 0 Å². The third-order valence-corrected chi connectivity index (χ3v) is 5.53. The van der Waals surface area contributed by atoms with Gasteiger partial charge in [-0.05, 0) is 42.5 Å². The van der Waals surface area contributed by atoms with Crippen LogP contribution in [0.5, 0.6) is 0 Å². The first-order valence-electron chi connectivity index (χ1n) is 9.28. The number of hydrogen-bond acceptors (Lipinski definition) is 2. The highest BCUT2D eigenvalue weighted by Crippen LogP contribution is 2.11. The molecule has 1 atom stereocenters. The van der Waals surface area contributed by atoms with Gasteiger partial charge in [0.15, 0.2) is 10.2 Å². The van der Waals surface area contributed by atoms with Crippen LogP contribution in [0.15, 0.2) is 60.7 Å². The first kappa shape index (κ1) is 19.6. The minimum Gasteiger partial charge on any atom is -0.358 e. The summed E-state index contributed by atoms with van der Waals surface area (Å²) in [6.45, 7) is 6.32. The van der Waals surface area contributed by atoms with Crippen LogP contribution in [0.4, 0.5) is 0 Å². The van der Waals surface area contributed by atoms with Crippen molar-refractivity contribution in [3.8, 4) is 0 Å². The van der Waals surface area contributed by atoms with Crippen LogP contribution in [-0.2, 0) is 13.1 Å². The molecule has 1 heterocycles. The molecule has 2 aromatic rings. The van der Waals surface area contributed by atoms with Crippen LogP contribution < -0.4 is 10.6 Å². The van der Waals surface area contributed by atoms with E-state index in [1.165, 1.54) is 11.1 Å². The first-order chi connectivity index (χ1) is 13.1. The van der Waals surface area contributed by atoms with Crippen molar-refractivity contribution in [1.29, 1.82) is 0 Å². The highest BCUT2D eigenvalue weighted by Gasteiger charge is 2.26. The van der Waals surface area contributed by atoms with Gasteiger partial charge in [-0.25, -0.2) is 0 Å². The number of piperazine rings is 1. The molecule has 3 rings (SSSR count). The number of rotatable bonds is 4.